The summed E-state index contributed by atoms with van der Waals surface area (Å²) in [6, 6.07) is 3.97. The van der Waals surface area contributed by atoms with Crippen molar-refractivity contribution in [2.75, 3.05) is 6.54 Å². The third-order valence-electron chi connectivity index (χ3n) is 2.04. The Morgan fingerprint density at radius 2 is 2.00 bits per heavy atom. The topological polar surface area (TPSA) is 98.6 Å². The van der Waals surface area contributed by atoms with E-state index in [0.29, 0.717) is 0 Å². The predicted molar refractivity (Wildman–Crippen MR) is 63.3 cm³/mol. The van der Waals surface area contributed by atoms with Crippen LogP contribution in [0.25, 0.3) is 0 Å². The highest BCUT2D eigenvalue weighted by molar-refractivity contribution is 7.78. The van der Waals surface area contributed by atoms with Crippen LogP contribution < -0.4 is 0 Å². The van der Waals surface area contributed by atoms with Gasteiger partial charge in [0.2, 0.25) is 0 Å². The number of isothiocyanates is 1. The van der Waals surface area contributed by atoms with Gasteiger partial charge in [-0.3, -0.25) is 20.2 Å². The molecular weight excluding hydrogens is 246 g/mol. The number of aliphatic imine (C=N–C) groups is 1. The molecule has 1 rings (SSSR count). The average molecular weight is 253 g/mol. The van der Waals surface area contributed by atoms with Gasteiger partial charge in [0, 0.05) is 11.6 Å². The Morgan fingerprint density at radius 1 is 1.29 bits per heavy atom. The summed E-state index contributed by atoms with van der Waals surface area (Å²) in [6.45, 7) is 0.214. The lowest BCUT2D eigenvalue weighted by atomic mass is 10.1. The zero-order chi connectivity index (χ0) is 12.8. The first-order valence-corrected chi connectivity index (χ1v) is 4.93. The lowest BCUT2D eigenvalue weighted by Gasteiger charge is -2.00. The van der Waals surface area contributed by atoms with Gasteiger partial charge in [0.05, 0.1) is 21.6 Å². The highest BCUT2D eigenvalue weighted by atomic mass is 32.1. The minimum Gasteiger partial charge on any atom is -0.258 e. The van der Waals surface area contributed by atoms with Gasteiger partial charge in [0.15, 0.2) is 0 Å². The summed E-state index contributed by atoms with van der Waals surface area (Å²) in [5.74, 6) is 0. The van der Waals surface area contributed by atoms with E-state index in [0.717, 1.165) is 6.07 Å². The van der Waals surface area contributed by atoms with E-state index in [-0.39, 0.29) is 18.5 Å². The normalized spacial score (nSPS) is 9.41. The Morgan fingerprint density at radius 3 is 2.53 bits per heavy atom. The van der Waals surface area contributed by atoms with Gasteiger partial charge in [-0.05, 0) is 18.6 Å². The second kappa shape index (κ2) is 5.78. The second-order valence-electron chi connectivity index (χ2n) is 3.02. The molecule has 17 heavy (non-hydrogen) atoms. The van der Waals surface area contributed by atoms with E-state index in [1.807, 2.05) is 0 Å². The molecule has 0 amide bonds. The number of thiocarbonyl (C=S) groups is 1. The first kappa shape index (κ1) is 12.9. The summed E-state index contributed by atoms with van der Waals surface area (Å²) in [5.41, 5.74) is -0.742. The quantitative estimate of drug-likeness (QED) is 0.346. The summed E-state index contributed by atoms with van der Waals surface area (Å²) in [4.78, 5) is 23.6. The molecule has 0 N–H and O–H groups in total. The first-order chi connectivity index (χ1) is 8.07. The molecule has 0 aliphatic carbocycles. The van der Waals surface area contributed by atoms with Gasteiger partial charge in [-0.2, -0.15) is 0 Å². The van der Waals surface area contributed by atoms with Crippen LogP contribution >= 0.6 is 12.2 Å². The third kappa shape index (κ3) is 3.13. The molecule has 0 radical (unpaired) electrons. The summed E-state index contributed by atoms with van der Waals surface area (Å²) in [6.07, 6.45) is 0.210. The fraction of sp³-hybridized carbons (Fsp3) is 0.222. The monoisotopic (exact) mass is 253 g/mol. The van der Waals surface area contributed by atoms with Gasteiger partial charge in [-0.25, -0.2) is 4.99 Å². The fourth-order valence-electron chi connectivity index (χ4n) is 1.36. The van der Waals surface area contributed by atoms with E-state index in [1.165, 1.54) is 12.1 Å². The van der Waals surface area contributed by atoms with E-state index < -0.39 is 21.2 Å². The molecule has 0 aromatic heterocycles. The minimum atomic E-state index is -0.774. The molecule has 0 fully saturated rings. The smallest absolute Gasteiger partial charge is 0.258 e. The number of nitro groups is 2. The molecule has 0 unspecified atom stereocenters. The minimum absolute atomic E-state index is 0.210. The van der Waals surface area contributed by atoms with Gasteiger partial charge in [0.25, 0.3) is 0 Å². The predicted octanol–water partition coefficient (Wildman–Crippen LogP) is 2.15. The van der Waals surface area contributed by atoms with E-state index in [9.17, 15) is 20.2 Å². The molecule has 0 heterocycles. The van der Waals surface area contributed by atoms with Crippen molar-refractivity contribution in [1.82, 2.24) is 0 Å². The highest BCUT2D eigenvalue weighted by Gasteiger charge is 2.27. The standard InChI is InChI=1S/C9H7N3O4S/c13-11(14)8-3-1-2-7(4-5-10-6-17)9(8)12(15)16/h1-3H,4-5H2. The molecule has 0 spiro atoms. The number of nitrogens with zero attached hydrogens (tertiary/aromatic N) is 3. The van der Waals surface area contributed by atoms with Crippen LogP contribution in [0.3, 0.4) is 0 Å². The highest BCUT2D eigenvalue weighted by Crippen LogP contribution is 2.30. The van der Waals surface area contributed by atoms with Gasteiger partial charge in [0.1, 0.15) is 0 Å². The molecule has 8 heteroatoms. The van der Waals surface area contributed by atoms with Crippen molar-refractivity contribution in [3.05, 3.63) is 44.0 Å². The van der Waals surface area contributed by atoms with Gasteiger partial charge >= 0.3 is 11.4 Å². The van der Waals surface area contributed by atoms with Crippen molar-refractivity contribution in [3.8, 4) is 0 Å². The van der Waals surface area contributed by atoms with Crippen LogP contribution in [-0.2, 0) is 6.42 Å². The molecule has 1 aromatic carbocycles. The van der Waals surface area contributed by atoms with Crippen LogP contribution in [0.2, 0.25) is 0 Å². The Hall–Kier alpha value is -2.18. The van der Waals surface area contributed by atoms with E-state index in [1.54, 1.807) is 0 Å². The van der Waals surface area contributed by atoms with E-state index in [2.05, 4.69) is 22.4 Å². The molecular formula is C9H7N3O4S. The molecule has 0 atom stereocenters. The van der Waals surface area contributed by atoms with Crippen molar-refractivity contribution in [1.29, 1.82) is 0 Å². The van der Waals surface area contributed by atoms with Crippen molar-refractivity contribution >= 4 is 28.8 Å². The SMILES string of the molecule is O=[N+]([O-])c1cccc(CCN=C=S)c1[N+](=O)[O-]. The largest absolute Gasteiger partial charge is 0.349 e. The van der Waals surface area contributed by atoms with Crippen molar-refractivity contribution in [2.24, 2.45) is 4.99 Å². The maximum absolute atomic E-state index is 10.8. The average Bonchev–Trinajstić information content (AvgIpc) is 2.28. The van der Waals surface area contributed by atoms with E-state index >= 15 is 0 Å². The zero-order valence-corrected chi connectivity index (χ0v) is 9.35. The first-order valence-electron chi connectivity index (χ1n) is 4.52. The molecule has 1 aromatic rings. The lowest BCUT2D eigenvalue weighted by molar-refractivity contribution is -0.423. The fourth-order valence-corrected chi connectivity index (χ4v) is 1.45. The van der Waals surface area contributed by atoms with Gasteiger partial charge in [-0.1, -0.05) is 12.1 Å². The van der Waals surface area contributed by atoms with E-state index in [4.69, 9.17) is 0 Å². The van der Waals surface area contributed by atoms with Crippen LogP contribution in [0.15, 0.2) is 23.2 Å². The summed E-state index contributed by atoms with van der Waals surface area (Å²) < 4.78 is 0. The molecule has 0 aliphatic heterocycles. The van der Waals surface area contributed by atoms with Crippen molar-refractivity contribution in [2.45, 2.75) is 6.42 Å². The second-order valence-corrected chi connectivity index (χ2v) is 3.20. The summed E-state index contributed by atoms with van der Waals surface area (Å²) in [7, 11) is 0. The number of hydrogen-bond donors (Lipinski definition) is 0. The Labute approximate surface area is 101 Å². The van der Waals surface area contributed by atoms with Crippen LogP contribution in [0.5, 0.6) is 0 Å². The molecule has 88 valence electrons. The zero-order valence-electron chi connectivity index (χ0n) is 8.53. The third-order valence-corrected chi connectivity index (χ3v) is 2.16. The number of para-hydroxylation sites is 1. The molecule has 7 nitrogen and oxygen atoms in total. The van der Waals surface area contributed by atoms with Crippen LogP contribution in [0, 0.1) is 20.2 Å². The maximum atomic E-state index is 10.8. The summed E-state index contributed by atoms with van der Waals surface area (Å²) >= 11 is 4.36. The van der Waals surface area contributed by atoms with Crippen LogP contribution in [-0.4, -0.2) is 21.6 Å². The maximum Gasteiger partial charge on any atom is 0.349 e. The molecule has 0 saturated carbocycles. The molecule has 0 saturated heterocycles. The Bertz CT molecular complexity index is 511. The number of nitro benzene ring substituents is 2. The molecule has 0 bridgehead atoms. The lowest BCUT2D eigenvalue weighted by Crippen LogP contribution is -2.02. The van der Waals surface area contributed by atoms with Crippen LogP contribution in [0.4, 0.5) is 11.4 Å². The number of rotatable bonds is 5. The Balaban J connectivity index is 3.20. The number of benzene rings is 1. The number of hydrogen-bond acceptors (Lipinski definition) is 6. The van der Waals surface area contributed by atoms with Crippen LogP contribution in [0.1, 0.15) is 5.56 Å². The molecule has 0 aliphatic rings. The van der Waals surface area contributed by atoms with Gasteiger partial charge < -0.3 is 0 Å². The summed E-state index contributed by atoms with van der Waals surface area (Å²) in [5, 5.41) is 23.6. The van der Waals surface area contributed by atoms with Gasteiger partial charge in [-0.15, -0.1) is 0 Å². The Kier molecular flexibility index (Phi) is 4.38. The van der Waals surface area contributed by atoms with Crippen molar-refractivity contribution < 1.29 is 9.85 Å². The van der Waals surface area contributed by atoms with Crippen molar-refractivity contribution in [3.63, 3.8) is 0 Å².